The highest BCUT2D eigenvalue weighted by Crippen LogP contribution is 2.36. The zero-order valence-corrected chi connectivity index (χ0v) is 30.6. The van der Waals surface area contributed by atoms with Gasteiger partial charge in [-0.15, -0.1) is 0 Å². The standard InChI is InChI=1S/C37H67O9P/c1-3-5-7-9-11-12-13-14-15-16-18-22-27-31-37(40)46-35(33-45-47(41,42)43)32-44-36(39)30-26-23-19-21-25-29-34(38)28-24-20-17-10-8-6-4-2/h17,20,24,28,35H,3-16,18-19,21-23,25-27,29-33H2,1-2H3,(H2,41,42,43)/b20-17-,28-24+/t35-/m1/s1. The lowest BCUT2D eigenvalue weighted by molar-refractivity contribution is -0.161. The molecule has 0 aromatic rings. The van der Waals surface area contributed by atoms with Crippen LogP contribution in [-0.2, 0) is 32.9 Å². The van der Waals surface area contributed by atoms with Crippen LogP contribution in [0.2, 0.25) is 0 Å². The lowest BCUT2D eigenvalue weighted by Crippen LogP contribution is -2.29. The van der Waals surface area contributed by atoms with E-state index in [0.29, 0.717) is 19.3 Å². The predicted molar refractivity (Wildman–Crippen MR) is 189 cm³/mol. The molecule has 0 heterocycles. The highest BCUT2D eigenvalue weighted by Gasteiger charge is 2.22. The van der Waals surface area contributed by atoms with Crippen molar-refractivity contribution in [2.24, 2.45) is 0 Å². The Balaban J connectivity index is 4.05. The summed E-state index contributed by atoms with van der Waals surface area (Å²) >= 11 is 0. The smallest absolute Gasteiger partial charge is 0.462 e. The number of carbonyl (C=O) groups is 3. The van der Waals surface area contributed by atoms with Gasteiger partial charge in [0.05, 0.1) is 6.61 Å². The van der Waals surface area contributed by atoms with Crippen molar-refractivity contribution >= 4 is 25.5 Å². The zero-order chi connectivity index (χ0) is 34.9. The van der Waals surface area contributed by atoms with Crippen LogP contribution in [0, 0.1) is 0 Å². The number of ketones is 1. The van der Waals surface area contributed by atoms with Crippen molar-refractivity contribution in [1.82, 2.24) is 0 Å². The van der Waals surface area contributed by atoms with Crippen LogP contribution in [0.5, 0.6) is 0 Å². The number of phosphoric ester groups is 1. The van der Waals surface area contributed by atoms with E-state index in [1.165, 1.54) is 77.0 Å². The summed E-state index contributed by atoms with van der Waals surface area (Å²) < 4.78 is 26.2. The van der Waals surface area contributed by atoms with Gasteiger partial charge in [0.15, 0.2) is 11.9 Å². The SMILES string of the molecule is CCCCC/C=C\C=C\C(=O)CCCCCCCC(=O)OC[C@H](COP(=O)(O)O)OC(=O)CCCCCCCCCCCCCCC. The summed E-state index contributed by atoms with van der Waals surface area (Å²) in [5.74, 6) is -0.854. The van der Waals surface area contributed by atoms with E-state index < -0.39 is 32.5 Å². The number of rotatable bonds is 34. The van der Waals surface area contributed by atoms with E-state index in [-0.39, 0.29) is 25.2 Å². The molecule has 2 N–H and O–H groups in total. The Kier molecular flexibility index (Phi) is 31.5. The fourth-order valence-electron chi connectivity index (χ4n) is 5.12. The van der Waals surface area contributed by atoms with E-state index in [1.54, 1.807) is 6.08 Å². The van der Waals surface area contributed by atoms with Crippen LogP contribution in [0.1, 0.15) is 174 Å². The van der Waals surface area contributed by atoms with Gasteiger partial charge in [0.1, 0.15) is 6.61 Å². The summed E-state index contributed by atoms with van der Waals surface area (Å²) in [5, 5.41) is 0. The molecule has 0 rings (SSSR count). The molecule has 0 aliphatic carbocycles. The predicted octanol–water partition coefficient (Wildman–Crippen LogP) is 10.0. The average molecular weight is 687 g/mol. The number of hydrogen-bond acceptors (Lipinski definition) is 7. The average Bonchev–Trinajstić information content (AvgIpc) is 3.03. The Morgan fingerprint density at radius 3 is 1.60 bits per heavy atom. The molecule has 0 fully saturated rings. The van der Waals surface area contributed by atoms with E-state index in [2.05, 4.69) is 24.4 Å². The Morgan fingerprint density at radius 2 is 1.06 bits per heavy atom. The summed E-state index contributed by atoms with van der Waals surface area (Å²) in [5.41, 5.74) is 0. The van der Waals surface area contributed by atoms with Crippen molar-refractivity contribution in [3.63, 3.8) is 0 Å². The zero-order valence-electron chi connectivity index (χ0n) is 29.7. The lowest BCUT2D eigenvalue weighted by Gasteiger charge is -2.18. The second kappa shape index (κ2) is 32.7. The normalized spacial score (nSPS) is 12.6. The molecule has 0 radical (unpaired) electrons. The van der Waals surface area contributed by atoms with Gasteiger partial charge in [0.25, 0.3) is 0 Å². The summed E-state index contributed by atoms with van der Waals surface area (Å²) in [6, 6.07) is 0. The second-order valence-corrected chi connectivity index (χ2v) is 13.8. The van der Waals surface area contributed by atoms with Gasteiger partial charge in [-0.05, 0) is 38.2 Å². The largest absolute Gasteiger partial charge is 0.469 e. The third-order valence-electron chi connectivity index (χ3n) is 7.95. The van der Waals surface area contributed by atoms with Crippen LogP contribution in [-0.4, -0.2) is 46.8 Å². The second-order valence-electron chi connectivity index (χ2n) is 12.6. The molecular formula is C37H67O9P. The Labute approximate surface area is 285 Å². The van der Waals surface area contributed by atoms with Gasteiger partial charge in [-0.3, -0.25) is 18.9 Å². The highest BCUT2D eigenvalue weighted by atomic mass is 31.2. The molecule has 0 aliphatic rings. The van der Waals surface area contributed by atoms with Crippen molar-refractivity contribution in [1.29, 1.82) is 0 Å². The third-order valence-corrected chi connectivity index (χ3v) is 8.43. The summed E-state index contributed by atoms with van der Waals surface area (Å²) in [7, 11) is -4.77. The fraction of sp³-hybridized carbons (Fsp3) is 0.811. The van der Waals surface area contributed by atoms with Crippen molar-refractivity contribution in [3.8, 4) is 0 Å². The molecule has 10 heteroatoms. The number of ether oxygens (including phenoxy) is 2. The molecular weight excluding hydrogens is 619 g/mol. The van der Waals surface area contributed by atoms with Gasteiger partial charge in [0.2, 0.25) is 0 Å². The van der Waals surface area contributed by atoms with Crippen LogP contribution in [0.15, 0.2) is 24.3 Å². The number of allylic oxidation sites excluding steroid dienone is 4. The molecule has 0 aromatic carbocycles. The maximum atomic E-state index is 12.3. The number of phosphoric acid groups is 1. The van der Waals surface area contributed by atoms with Gasteiger partial charge in [0, 0.05) is 19.3 Å². The van der Waals surface area contributed by atoms with Crippen LogP contribution >= 0.6 is 7.82 Å². The Hall–Kier alpha value is -1.80. The van der Waals surface area contributed by atoms with E-state index in [9.17, 15) is 18.9 Å². The van der Waals surface area contributed by atoms with Crippen LogP contribution in [0.25, 0.3) is 0 Å². The molecule has 0 amide bonds. The lowest BCUT2D eigenvalue weighted by atomic mass is 10.0. The maximum Gasteiger partial charge on any atom is 0.469 e. The van der Waals surface area contributed by atoms with Crippen molar-refractivity contribution in [3.05, 3.63) is 24.3 Å². The van der Waals surface area contributed by atoms with Gasteiger partial charge >= 0.3 is 19.8 Å². The van der Waals surface area contributed by atoms with E-state index >= 15 is 0 Å². The maximum absolute atomic E-state index is 12.3. The molecule has 0 saturated heterocycles. The molecule has 47 heavy (non-hydrogen) atoms. The first kappa shape index (κ1) is 45.2. The topological polar surface area (TPSA) is 136 Å². The molecule has 0 bridgehead atoms. The summed E-state index contributed by atoms with van der Waals surface area (Å²) in [6.07, 6.45) is 31.5. The summed E-state index contributed by atoms with van der Waals surface area (Å²) in [6.45, 7) is 3.52. The van der Waals surface area contributed by atoms with Gasteiger partial charge in [-0.1, -0.05) is 141 Å². The quantitative estimate of drug-likeness (QED) is 0.0223. The van der Waals surface area contributed by atoms with Crippen LogP contribution < -0.4 is 0 Å². The van der Waals surface area contributed by atoms with E-state index in [0.717, 1.165) is 51.4 Å². The monoisotopic (exact) mass is 686 g/mol. The van der Waals surface area contributed by atoms with Gasteiger partial charge in [-0.25, -0.2) is 4.57 Å². The highest BCUT2D eigenvalue weighted by molar-refractivity contribution is 7.46. The number of hydrogen-bond donors (Lipinski definition) is 2. The molecule has 0 aromatic heterocycles. The first-order valence-corrected chi connectivity index (χ1v) is 20.1. The molecule has 0 unspecified atom stereocenters. The van der Waals surface area contributed by atoms with Crippen molar-refractivity contribution in [2.75, 3.05) is 13.2 Å². The minimum atomic E-state index is -4.77. The van der Waals surface area contributed by atoms with Crippen LogP contribution in [0.3, 0.4) is 0 Å². The third kappa shape index (κ3) is 35.3. The molecule has 0 aliphatic heterocycles. The van der Waals surface area contributed by atoms with E-state index in [1.807, 2.05) is 12.2 Å². The molecule has 0 saturated carbocycles. The minimum absolute atomic E-state index is 0.120. The molecule has 0 spiro atoms. The Bertz CT molecular complexity index is 881. The van der Waals surface area contributed by atoms with E-state index in [4.69, 9.17) is 19.3 Å². The molecule has 1 atom stereocenters. The molecule has 9 nitrogen and oxygen atoms in total. The first-order chi connectivity index (χ1) is 22.7. The van der Waals surface area contributed by atoms with Gasteiger partial charge < -0.3 is 19.3 Å². The number of esters is 2. The summed E-state index contributed by atoms with van der Waals surface area (Å²) in [4.78, 5) is 54.6. The number of unbranched alkanes of at least 4 members (excludes halogenated alkanes) is 19. The van der Waals surface area contributed by atoms with Gasteiger partial charge in [-0.2, -0.15) is 0 Å². The first-order valence-electron chi connectivity index (χ1n) is 18.6. The van der Waals surface area contributed by atoms with Crippen LogP contribution in [0.4, 0.5) is 0 Å². The minimum Gasteiger partial charge on any atom is -0.462 e. The Morgan fingerprint density at radius 1 is 0.596 bits per heavy atom. The van der Waals surface area contributed by atoms with Crippen molar-refractivity contribution in [2.45, 2.75) is 180 Å². The fourth-order valence-corrected chi connectivity index (χ4v) is 5.48. The number of carbonyl (C=O) groups excluding carboxylic acids is 3. The van der Waals surface area contributed by atoms with Crippen molar-refractivity contribution < 1.29 is 42.7 Å². The molecule has 274 valence electrons.